The summed E-state index contributed by atoms with van der Waals surface area (Å²) in [6.45, 7) is 2.53. The lowest BCUT2D eigenvalue weighted by atomic mass is 10.1. The number of rotatable bonds is 2. The lowest BCUT2D eigenvalue weighted by molar-refractivity contribution is 0.269. The van der Waals surface area contributed by atoms with Crippen LogP contribution in [-0.2, 0) is 10.0 Å². The fourth-order valence-corrected chi connectivity index (χ4v) is 5.00. The molecule has 0 N–H and O–H groups in total. The van der Waals surface area contributed by atoms with E-state index in [1.54, 1.807) is 10.4 Å². The molecule has 2 rings (SSSR count). The molecule has 1 fully saturated rings. The molecule has 0 aromatic carbocycles. The molecule has 1 unspecified atom stereocenters. The lowest BCUT2D eigenvalue weighted by Gasteiger charge is -2.31. The van der Waals surface area contributed by atoms with Crippen molar-refractivity contribution in [2.45, 2.75) is 36.4 Å². The molecule has 1 saturated heterocycles. The fourth-order valence-electron chi connectivity index (χ4n) is 2.06. The third kappa shape index (κ3) is 2.37. The second-order valence-electron chi connectivity index (χ2n) is 4.19. The highest BCUT2D eigenvalue weighted by atomic mass is 32.2. The van der Waals surface area contributed by atoms with E-state index in [9.17, 15) is 8.42 Å². The summed E-state index contributed by atoms with van der Waals surface area (Å²) in [7, 11) is -3.40. The number of hydrogen-bond acceptors (Lipinski definition) is 4. The maximum Gasteiger partial charge on any atom is 0.252 e. The Hall–Kier alpha value is -0.900. The van der Waals surface area contributed by atoms with Gasteiger partial charge >= 0.3 is 0 Å². The van der Waals surface area contributed by atoms with Gasteiger partial charge in [0.2, 0.25) is 0 Å². The quantitative estimate of drug-likeness (QED) is 0.827. The van der Waals surface area contributed by atoms with Gasteiger partial charge in [0, 0.05) is 12.6 Å². The second-order valence-corrected chi connectivity index (χ2v) is 7.39. The summed E-state index contributed by atoms with van der Waals surface area (Å²) >= 11 is 1.04. The largest absolute Gasteiger partial charge is 0.252 e. The predicted molar refractivity (Wildman–Crippen MR) is 66.2 cm³/mol. The van der Waals surface area contributed by atoms with Crippen LogP contribution in [0.3, 0.4) is 0 Å². The first-order chi connectivity index (χ1) is 8.05. The van der Waals surface area contributed by atoms with E-state index in [4.69, 9.17) is 5.26 Å². The van der Waals surface area contributed by atoms with E-state index < -0.39 is 10.0 Å². The van der Waals surface area contributed by atoms with Gasteiger partial charge in [0.15, 0.2) is 0 Å². The van der Waals surface area contributed by atoms with E-state index in [2.05, 4.69) is 0 Å². The highest BCUT2D eigenvalue weighted by molar-refractivity contribution is 7.91. The van der Waals surface area contributed by atoms with E-state index in [0.717, 1.165) is 30.6 Å². The maximum atomic E-state index is 12.4. The third-order valence-corrected chi connectivity index (χ3v) is 6.47. The van der Waals surface area contributed by atoms with E-state index in [1.165, 1.54) is 6.07 Å². The van der Waals surface area contributed by atoms with Gasteiger partial charge in [-0.1, -0.05) is 6.42 Å². The Balaban J connectivity index is 2.32. The standard InChI is InChI=1S/C11H14N2O2S2/c1-9-4-2-3-7-13(9)17(14,15)11-6-5-10(8-12)16-11/h5-6,9H,2-4,7H2,1H3. The first-order valence-corrected chi connectivity index (χ1v) is 7.83. The molecule has 2 heterocycles. The zero-order chi connectivity index (χ0) is 12.5. The van der Waals surface area contributed by atoms with Crippen LogP contribution >= 0.6 is 11.3 Å². The summed E-state index contributed by atoms with van der Waals surface area (Å²) in [6, 6.07) is 5.12. The van der Waals surface area contributed by atoms with Crippen LogP contribution in [0.2, 0.25) is 0 Å². The van der Waals surface area contributed by atoms with Gasteiger partial charge in [-0.2, -0.15) is 9.57 Å². The molecule has 0 spiro atoms. The summed E-state index contributed by atoms with van der Waals surface area (Å²) in [5, 5.41) is 8.73. The number of thiophene rings is 1. The van der Waals surface area contributed by atoms with Crippen molar-refractivity contribution >= 4 is 21.4 Å². The molecule has 1 aliphatic rings. The van der Waals surface area contributed by atoms with Crippen molar-refractivity contribution in [1.82, 2.24) is 4.31 Å². The molecule has 4 nitrogen and oxygen atoms in total. The first-order valence-electron chi connectivity index (χ1n) is 5.57. The maximum absolute atomic E-state index is 12.4. The summed E-state index contributed by atoms with van der Waals surface area (Å²) in [4.78, 5) is 0.438. The molecular weight excluding hydrogens is 256 g/mol. The van der Waals surface area contributed by atoms with Crippen molar-refractivity contribution in [3.8, 4) is 6.07 Å². The van der Waals surface area contributed by atoms with Crippen LogP contribution in [0.1, 0.15) is 31.1 Å². The Kier molecular flexibility index (Phi) is 3.52. The van der Waals surface area contributed by atoms with Gasteiger partial charge in [0.05, 0.1) is 0 Å². The zero-order valence-corrected chi connectivity index (χ0v) is 11.2. The highest BCUT2D eigenvalue weighted by Crippen LogP contribution is 2.29. The minimum Gasteiger partial charge on any atom is -0.206 e. The average Bonchev–Trinajstić information content (AvgIpc) is 2.78. The summed E-state index contributed by atoms with van der Waals surface area (Å²) < 4.78 is 26.5. The fraction of sp³-hybridized carbons (Fsp3) is 0.545. The molecule has 6 heteroatoms. The van der Waals surface area contributed by atoms with Gasteiger partial charge in [0.1, 0.15) is 15.2 Å². The lowest BCUT2D eigenvalue weighted by Crippen LogP contribution is -2.41. The van der Waals surface area contributed by atoms with Crippen molar-refractivity contribution in [1.29, 1.82) is 5.26 Å². The molecule has 1 aliphatic heterocycles. The van der Waals surface area contributed by atoms with Crippen molar-refractivity contribution in [2.24, 2.45) is 0 Å². The van der Waals surface area contributed by atoms with Crippen molar-refractivity contribution in [3.05, 3.63) is 17.0 Å². The van der Waals surface area contributed by atoms with Gasteiger partial charge in [-0.05, 0) is 31.9 Å². The molecule has 1 atom stereocenters. The molecular formula is C11H14N2O2S2. The Morgan fingerprint density at radius 1 is 1.47 bits per heavy atom. The Labute approximate surface area is 106 Å². The summed E-state index contributed by atoms with van der Waals surface area (Å²) in [5.41, 5.74) is 0. The number of piperidine rings is 1. The molecule has 17 heavy (non-hydrogen) atoms. The molecule has 0 radical (unpaired) electrons. The number of hydrogen-bond donors (Lipinski definition) is 0. The van der Waals surface area contributed by atoms with E-state index in [0.29, 0.717) is 11.4 Å². The smallest absolute Gasteiger partial charge is 0.206 e. The van der Waals surface area contributed by atoms with Crippen molar-refractivity contribution < 1.29 is 8.42 Å². The van der Waals surface area contributed by atoms with Crippen LogP contribution in [0.4, 0.5) is 0 Å². The van der Waals surface area contributed by atoms with Crippen LogP contribution < -0.4 is 0 Å². The van der Waals surface area contributed by atoms with Crippen molar-refractivity contribution in [2.75, 3.05) is 6.54 Å². The molecule has 0 aliphatic carbocycles. The molecule has 0 amide bonds. The van der Waals surface area contributed by atoms with Gasteiger partial charge in [-0.25, -0.2) is 8.42 Å². The molecule has 92 valence electrons. The Bertz CT molecular complexity index is 542. The van der Waals surface area contributed by atoms with Crippen LogP contribution in [0, 0.1) is 11.3 Å². The number of nitriles is 1. The second kappa shape index (κ2) is 4.77. The van der Waals surface area contributed by atoms with Gasteiger partial charge in [-0.3, -0.25) is 0 Å². The Morgan fingerprint density at radius 3 is 2.82 bits per heavy atom. The number of nitrogens with zero attached hydrogens (tertiary/aromatic N) is 2. The minimum atomic E-state index is -3.40. The molecule has 1 aromatic heterocycles. The zero-order valence-electron chi connectivity index (χ0n) is 9.59. The first kappa shape index (κ1) is 12.6. The van der Waals surface area contributed by atoms with Gasteiger partial charge in [0.25, 0.3) is 10.0 Å². The predicted octanol–water partition coefficient (Wildman–Crippen LogP) is 2.18. The van der Waals surface area contributed by atoms with Crippen molar-refractivity contribution in [3.63, 3.8) is 0 Å². The molecule has 0 bridgehead atoms. The topological polar surface area (TPSA) is 61.2 Å². The van der Waals surface area contributed by atoms with Gasteiger partial charge in [-0.15, -0.1) is 11.3 Å². The SMILES string of the molecule is CC1CCCCN1S(=O)(=O)c1ccc(C#N)s1. The van der Waals surface area contributed by atoms with Crippen LogP contribution in [0.25, 0.3) is 0 Å². The van der Waals surface area contributed by atoms with Crippen LogP contribution in [0.15, 0.2) is 16.3 Å². The van der Waals surface area contributed by atoms with E-state index >= 15 is 0 Å². The molecule has 1 aromatic rings. The number of sulfonamides is 1. The Morgan fingerprint density at radius 2 is 2.24 bits per heavy atom. The van der Waals surface area contributed by atoms with Gasteiger partial charge < -0.3 is 0 Å². The van der Waals surface area contributed by atoms with Crippen LogP contribution in [0.5, 0.6) is 0 Å². The summed E-state index contributed by atoms with van der Waals surface area (Å²) in [6.07, 6.45) is 2.91. The third-order valence-electron chi connectivity index (χ3n) is 3.00. The van der Waals surface area contributed by atoms with Crippen LogP contribution in [-0.4, -0.2) is 25.3 Å². The molecule has 0 saturated carbocycles. The van der Waals surface area contributed by atoms with E-state index in [-0.39, 0.29) is 10.3 Å². The summed E-state index contributed by atoms with van der Waals surface area (Å²) in [5.74, 6) is 0. The minimum absolute atomic E-state index is 0.0568. The monoisotopic (exact) mass is 270 g/mol. The highest BCUT2D eigenvalue weighted by Gasteiger charge is 2.31. The normalized spacial score (nSPS) is 22.2. The average molecular weight is 270 g/mol. The van der Waals surface area contributed by atoms with E-state index in [1.807, 2.05) is 13.0 Å².